The number of nitrogens with one attached hydrogen (secondary N) is 2. The van der Waals surface area contributed by atoms with Gasteiger partial charge in [0.2, 0.25) is 5.91 Å². The van der Waals surface area contributed by atoms with Crippen molar-refractivity contribution in [2.45, 2.75) is 19.8 Å². The van der Waals surface area contributed by atoms with Gasteiger partial charge in [-0.3, -0.25) is 4.79 Å². The molecule has 2 rings (SSSR count). The molecular weight excluding hydrogens is 319 g/mol. The molecule has 2 aromatic carbocycles. The van der Waals surface area contributed by atoms with Gasteiger partial charge in [-0.15, -0.1) is 0 Å². The van der Waals surface area contributed by atoms with Crippen molar-refractivity contribution in [3.8, 4) is 0 Å². The van der Waals surface area contributed by atoms with Gasteiger partial charge >= 0.3 is 0 Å². The van der Waals surface area contributed by atoms with Crippen LogP contribution in [0.5, 0.6) is 0 Å². The van der Waals surface area contributed by atoms with E-state index < -0.39 is 0 Å². The van der Waals surface area contributed by atoms with Crippen molar-refractivity contribution in [3.63, 3.8) is 0 Å². The Bertz CT molecular complexity index is 654. The van der Waals surface area contributed by atoms with Gasteiger partial charge in [0.15, 0.2) is 0 Å². The first-order valence-electron chi connectivity index (χ1n) is 7.04. The maximum atomic E-state index is 11.9. The number of amides is 1. The number of anilines is 2. The normalized spacial score (nSPS) is 10.6. The summed E-state index contributed by atoms with van der Waals surface area (Å²) in [4.78, 5) is 11.9. The molecule has 0 aliphatic carbocycles. The number of hydrogen-bond acceptors (Lipinski definition) is 2. The highest BCUT2D eigenvalue weighted by molar-refractivity contribution is 6.42. The van der Waals surface area contributed by atoms with Crippen molar-refractivity contribution in [2.75, 3.05) is 17.2 Å². The van der Waals surface area contributed by atoms with Crippen molar-refractivity contribution in [3.05, 3.63) is 58.1 Å². The Labute approximate surface area is 140 Å². The number of rotatable bonds is 5. The highest BCUT2D eigenvalue weighted by atomic mass is 35.5. The number of benzene rings is 2. The lowest BCUT2D eigenvalue weighted by atomic mass is 10.0. The summed E-state index contributed by atoms with van der Waals surface area (Å²) in [5.41, 5.74) is 2.80. The first-order chi connectivity index (χ1) is 10.5. The molecule has 0 saturated heterocycles. The topological polar surface area (TPSA) is 41.1 Å². The van der Waals surface area contributed by atoms with Gasteiger partial charge in [0, 0.05) is 11.4 Å². The lowest BCUT2D eigenvalue weighted by Gasteiger charge is -2.10. The van der Waals surface area contributed by atoms with E-state index in [1.807, 2.05) is 12.1 Å². The minimum Gasteiger partial charge on any atom is -0.376 e. The fourth-order valence-corrected chi connectivity index (χ4v) is 2.25. The molecule has 0 aliphatic heterocycles. The molecule has 2 aromatic rings. The molecule has 5 heteroatoms. The molecule has 0 bridgehead atoms. The summed E-state index contributed by atoms with van der Waals surface area (Å²) in [6.07, 6.45) is 0. The Morgan fingerprint density at radius 1 is 1.00 bits per heavy atom. The summed E-state index contributed by atoms with van der Waals surface area (Å²) in [5.74, 6) is 0.346. The Balaban J connectivity index is 1.88. The van der Waals surface area contributed by atoms with E-state index in [2.05, 4.69) is 36.6 Å². The molecule has 0 spiro atoms. The van der Waals surface area contributed by atoms with Crippen LogP contribution in [0.1, 0.15) is 25.3 Å². The maximum absolute atomic E-state index is 11.9. The Morgan fingerprint density at radius 2 is 1.64 bits per heavy atom. The molecule has 0 unspecified atom stereocenters. The summed E-state index contributed by atoms with van der Waals surface area (Å²) in [6.45, 7) is 4.47. The second-order valence-corrected chi connectivity index (χ2v) is 6.12. The number of carbonyl (C=O) groups excluding carboxylic acids is 1. The van der Waals surface area contributed by atoms with E-state index in [9.17, 15) is 4.79 Å². The molecule has 2 N–H and O–H groups in total. The van der Waals surface area contributed by atoms with Crippen LogP contribution < -0.4 is 10.6 Å². The van der Waals surface area contributed by atoms with Gasteiger partial charge in [-0.25, -0.2) is 0 Å². The van der Waals surface area contributed by atoms with Gasteiger partial charge in [0.25, 0.3) is 0 Å². The standard InChI is InChI=1S/C17H18Cl2N2O/c1-11(2)12-3-5-13(6-4-12)20-10-17(22)21-14-7-8-15(18)16(19)9-14/h3-9,11,20H,10H2,1-2H3,(H,21,22). The highest BCUT2D eigenvalue weighted by Crippen LogP contribution is 2.25. The van der Waals surface area contributed by atoms with Crippen LogP contribution in [0, 0.1) is 0 Å². The summed E-state index contributed by atoms with van der Waals surface area (Å²) in [6, 6.07) is 13.1. The fourth-order valence-electron chi connectivity index (χ4n) is 1.95. The van der Waals surface area contributed by atoms with E-state index >= 15 is 0 Å². The monoisotopic (exact) mass is 336 g/mol. The van der Waals surface area contributed by atoms with E-state index in [1.165, 1.54) is 5.56 Å². The fraction of sp³-hybridized carbons (Fsp3) is 0.235. The molecular formula is C17H18Cl2N2O. The smallest absolute Gasteiger partial charge is 0.243 e. The zero-order chi connectivity index (χ0) is 16.1. The third-order valence-electron chi connectivity index (χ3n) is 3.23. The van der Waals surface area contributed by atoms with E-state index in [1.54, 1.807) is 18.2 Å². The van der Waals surface area contributed by atoms with Crippen LogP contribution in [0.25, 0.3) is 0 Å². The van der Waals surface area contributed by atoms with Gasteiger partial charge in [-0.1, -0.05) is 49.2 Å². The van der Waals surface area contributed by atoms with Gasteiger partial charge in [0.05, 0.1) is 16.6 Å². The zero-order valence-electron chi connectivity index (χ0n) is 12.5. The van der Waals surface area contributed by atoms with Crippen molar-refractivity contribution >= 4 is 40.5 Å². The maximum Gasteiger partial charge on any atom is 0.243 e. The van der Waals surface area contributed by atoms with Crippen molar-refractivity contribution in [2.24, 2.45) is 0 Å². The van der Waals surface area contributed by atoms with Crippen LogP contribution in [0.3, 0.4) is 0 Å². The average Bonchev–Trinajstić information content (AvgIpc) is 2.49. The summed E-state index contributed by atoms with van der Waals surface area (Å²) < 4.78 is 0. The molecule has 0 fully saturated rings. The SMILES string of the molecule is CC(C)c1ccc(NCC(=O)Nc2ccc(Cl)c(Cl)c2)cc1. The lowest BCUT2D eigenvalue weighted by Crippen LogP contribution is -2.21. The van der Waals surface area contributed by atoms with E-state index in [4.69, 9.17) is 23.2 Å². The van der Waals surface area contributed by atoms with E-state index in [0.29, 0.717) is 21.7 Å². The van der Waals surface area contributed by atoms with Crippen molar-refractivity contribution in [1.82, 2.24) is 0 Å². The molecule has 22 heavy (non-hydrogen) atoms. The van der Waals surface area contributed by atoms with Crippen LogP contribution in [0.15, 0.2) is 42.5 Å². The highest BCUT2D eigenvalue weighted by Gasteiger charge is 2.05. The van der Waals surface area contributed by atoms with Crippen molar-refractivity contribution in [1.29, 1.82) is 0 Å². The predicted molar refractivity (Wildman–Crippen MR) is 94.1 cm³/mol. The Morgan fingerprint density at radius 3 is 2.23 bits per heavy atom. The number of halogens is 2. The Kier molecular flexibility index (Phi) is 5.69. The second kappa shape index (κ2) is 7.52. The zero-order valence-corrected chi connectivity index (χ0v) is 14.0. The average molecular weight is 337 g/mol. The third kappa shape index (κ3) is 4.65. The van der Waals surface area contributed by atoms with Gasteiger partial charge in [-0.2, -0.15) is 0 Å². The summed E-state index contributed by atoms with van der Waals surface area (Å²) >= 11 is 11.7. The predicted octanol–water partition coefficient (Wildman–Crippen LogP) is 5.17. The van der Waals surface area contributed by atoms with E-state index in [0.717, 1.165) is 5.69 Å². The number of hydrogen-bond donors (Lipinski definition) is 2. The summed E-state index contributed by atoms with van der Waals surface area (Å²) in [7, 11) is 0. The molecule has 0 aliphatic rings. The molecule has 116 valence electrons. The Hall–Kier alpha value is -1.71. The second-order valence-electron chi connectivity index (χ2n) is 5.31. The van der Waals surface area contributed by atoms with Crippen molar-refractivity contribution < 1.29 is 4.79 Å². The van der Waals surface area contributed by atoms with Crippen LogP contribution >= 0.6 is 23.2 Å². The molecule has 0 saturated carbocycles. The van der Waals surface area contributed by atoms with Gasteiger partial charge in [0.1, 0.15) is 0 Å². The molecule has 0 radical (unpaired) electrons. The van der Waals surface area contributed by atoms with Gasteiger partial charge in [-0.05, 0) is 41.8 Å². The molecule has 1 amide bonds. The minimum absolute atomic E-state index is 0.147. The lowest BCUT2D eigenvalue weighted by molar-refractivity contribution is -0.114. The molecule has 0 heterocycles. The number of carbonyl (C=O) groups is 1. The van der Waals surface area contributed by atoms with Crippen LogP contribution in [0.4, 0.5) is 11.4 Å². The summed E-state index contributed by atoms with van der Waals surface area (Å²) in [5, 5.41) is 6.73. The van der Waals surface area contributed by atoms with E-state index in [-0.39, 0.29) is 12.5 Å². The molecule has 3 nitrogen and oxygen atoms in total. The van der Waals surface area contributed by atoms with Crippen LogP contribution in [0.2, 0.25) is 10.0 Å². The van der Waals surface area contributed by atoms with Crippen LogP contribution in [-0.4, -0.2) is 12.5 Å². The largest absolute Gasteiger partial charge is 0.376 e. The minimum atomic E-state index is -0.147. The molecule has 0 atom stereocenters. The van der Waals surface area contributed by atoms with Crippen LogP contribution in [-0.2, 0) is 4.79 Å². The molecule has 0 aromatic heterocycles. The third-order valence-corrected chi connectivity index (χ3v) is 3.97. The first kappa shape index (κ1) is 16.7. The quantitative estimate of drug-likeness (QED) is 0.790. The first-order valence-corrected chi connectivity index (χ1v) is 7.80. The van der Waals surface area contributed by atoms with Gasteiger partial charge < -0.3 is 10.6 Å².